The zero-order valence-electron chi connectivity index (χ0n) is 6.36. The van der Waals surface area contributed by atoms with E-state index in [0.29, 0.717) is 0 Å². The fraction of sp³-hybridized carbons (Fsp3) is 0.143. The van der Waals surface area contributed by atoms with Crippen LogP contribution in [0.1, 0.15) is 11.7 Å². The van der Waals surface area contributed by atoms with Crippen molar-refractivity contribution in [2.24, 2.45) is 10.4 Å². The van der Waals surface area contributed by atoms with E-state index in [-0.39, 0.29) is 6.17 Å². The Balaban J connectivity index is 2.22. The molecule has 0 bridgehead atoms. The zero-order valence-corrected chi connectivity index (χ0v) is 6.36. The smallest absolute Gasteiger partial charge is 0.157 e. The van der Waals surface area contributed by atoms with Crippen molar-refractivity contribution >= 4 is 5.69 Å². The molecule has 0 radical (unpaired) electrons. The molecular weight excluding hydrogens is 154 g/mol. The number of nitrogens with two attached hydrogens (primary N) is 1. The predicted molar refractivity (Wildman–Crippen MR) is 44.7 cm³/mol. The topological polar surface area (TPSA) is 74.8 Å². The van der Waals surface area contributed by atoms with Gasteiger partial charge in [0.25, 0.3) is 0 Å². The summed E-state index contributed by atoms with van der Waals surface area (Å²) < 4.78 is 0. The largest absolute Gasteiger partial charge is 0.399 e. The molecule has 12 heavy (non-hydrogen) atoms. The monoisotopic (exact) mass is 163 g/mol. The molecule has 1 heterocycles. The summed E-state index contributed by atoms with van der Waals surface area (Å²) in [7, 11) is 0. The maximum Gasteiger partial charge on any atom is 0.157 e. The van der Waals surface area contributed by atoms with Crippen LogP contribution in [0.25, 0.3) is 0 Å². The third-order valence-electron chi connectivity index (χ3n) is 1.67. The molecule has 0 amide bonds. The number of nitrogens with one attached hydrogen (secondary N) is 2. The fourth-order valence-electron chi connectivity index (χ4n) is 1.09. The Morgan fingerprint density at radius 1 is 1.25 bits per heavy atom. The van der Waals surface area contributed by atoms with E-state index < -0.39 is 0 Å². The van der Waals surface area contributed by atoms with Crippen LogP contribution in [0, 0.1) is 0 Å². The first kappa shape index (κ1) is 6.90. The molecule has 0 fully saturated rings. The molecule has 5 heteroatoms. The van der Waals surface area contributed by atoms with Gasteiger partial charge in [-0.3, -0.25) is 10.9 Å². The lowest BCUT2D eigenvalue weighted by molar-refractivity contribution is 0.552. The van der Waals surface area contributed by atoms with E-state index in [1.165, 1.54) is 0 Å². The molecule has 1 aromatic rings. The van der Waals surface area contributed by atoms with E-state index in [9.17, 15) is 0 Å². The van der Waals surface area contributed by atoms with Gasteiger partial charge in [0.15, 0.2) is 6.17 Å². The zero-order chi connectivity index (χ0) is 8.39. The third-order valence-corrected chi connectivity index (χ3v) is 1.67. The second-order valence-electron chi connectivity index (χ2n) is 2.56. The van der Waals surface area contributed by atoms with E-state index >= 15 is 0 Å². The second-order valence-corrected chi connectivity index (χ2v) is 2.56. The highest BCUT2D eigenvalue weighted by Crippen LogP contribution is 2.15. The minimum atomic E-state index is -0.0477. The van der Waals surface area contributed by atoms with E-state index in [0.717, 1.165) is 11.3 Å². The minimum Gasteiger partial charge on any atom is -0.399 e. The van der Waals surface area contributed by atoms with Crippen molar-refractivity contribution in [1.82, 2.24) is 10.9 Å². The van der Waals surface area contributed by atoms with Gasteiger partial charge in [0.05, 0.1) is 0 Å². The first-order valence-corrected chi connectivity index (χ1v) is 3.62. The van der Waals surface area contributed by atoms with E-state index in [4.69, 9.17) is 5.73 Å². The molecule has 0 saturated heterocycles. The average Bonchev–Trinajstić information content (AvgIpc) is 2.56. The van der Waals surface area contributed by atoms with Gasteiger partial charge in [-0.2, -0.15) is 0 Å². The Hall–Kier alpha value is -1.78. The number of rotatable bonds is 1. The molecule has 0 unspecified atom stereocenters. The summed E-state index contributed by atoms with van der Waals surface area (Å²) in [6, 6.07) is 7.57. The summed E-state index contributed by atoms with van der Waals surface area (Å²) in [5.41, 5.74) is 13.0. The highest BCUT2D eigenvalue weighted by atomic mass is 15.7. The summed E-state index contributed by atoms with van der Waals surface area (Å²) >= 11 is 0. The third kappa shape index (κ3) is 1.16. The minimum absolute atomic E-state index is 0.0477. The number of benzene rings is 1. The average molecular weight is 163 g/mol. The molecular formula is C7H9N5. The fourth-order valence-corrected chi connectivity index (χ4v) is 1.09. The van der Waals surface area contributed by atoms with Crippen LogP contribution in [0.15, 0.2) is 34.7 Å². The molecule has 2 rings (SSSR count). The molecule has 0 saturated carbocycles. The summed E-state index contributed by atoms with van der Waals surface area (Å²) in [5.74, 6) is 0. The summed E-state index contributed by atoms with van der Waals surface area (Å²) in [6.07, 6.45) is -0.0477. The number of anilines is 1. The lowest BCUT2D eigenvalue weighted by Gasteiger charge is -2.08. The van der Waals surface area contributed by atoms with Crippen LogP contribution in [-0.2, 0) is 0 Å². The van der Waals surface area contributed by atoms with Crippen molar-refractivity contribution in [3.8, 4) is 0 Å². The summed E-state index contributed by atoms with van der Waals surface area (Å²) in [4.78, 5) is 0. The molecule has 0 aliphatic carbocycles. The summed E-state index contributed by atoms with van der Waals surface area (Å²) in [6.45, 7) is 0. The standard InChI is InChI=1S/C7H9N5/c8-6-3-1-2-5(4-6)7-9-11-12-10-7/h1-4,7H,8H2,(H,9,12)(H,10,11). The molecule has 1 aliphatic rings. The quantitative estimate of drug-likeness (QED) is 0.534. The van der Waals surface area contributed by atoms with Crippen molar-refractivity contribution < 1.29 is 0 Å². The van der Waals surface area contributed by atoms with Crippen LogP contribution < -0.4 is 16.6 Å². The molecule has 1 aliphatic heterocycles. The number of hydrogen-bond acceptors (Lipinski definition) is 5. The molecule has 0 spiro atoms. The van der Waals surface area contributed by atoms with Crippen molar-refractivity contribution in [3.05, 3.63) is 29.8 Å². The molecule has 62 valence electrons. The van der Waals surface area contributed by atoms with Crippen LogP contribution in [0.3, 0.4) is 0 Å². The molecule has 1 aromatic carbocycles. The van der Waals surface area contributed by atoms with Gasteiger partial charge in [0.1, 0.15) is 0 Å². The lowest BCUT2D eigenvalue weighted by atomic mass is 10.1. The van der Waals surface area contributed by atoms with E-state index in [2.05, 4.69) is 21.3 Å². The van der Waals surface area contributed by atoms with E-state index in [1.54, 1.807) is 0 Å². The van der Waals surface area contributed by atoms with Gasteiger partial charge in [-0.1, -0.05) is 22.6 Å². The summed E-state index contributed by atoms with van der Waals surface area (Å²) in [5, 5.41) is 7.19. The van der Waals surface area contributed by atoms with Crippen LogP contribution in [0.4, 0.5) is 5.69 Å². The van der Waals surface area contributed by atoms with Gasteiger partial charge in [-0.25, -0.2) is 0 Å². The van der Waals surface area contributed by atoms with Crippen LogP contribution in [-0.4, -0.2) is 0 Å². The Morgan fingerprint density at radius 3 is 2.67 bits per heavy atom. The second kappa shape index (κ2) is 2.69. The molecule has 0 aromatic heterocycles. The van der Waals surface area contributed by atoms with Gasteiger partial charge < -0.3 is 5.73 Å². The highest BCUT2D eigenvalue weighted by Gasteiger charge is 2.12. The van der Waals surface area contributed by atoms with Crippen molar-refractivity contribution in [1.29, 1.82) is 0 Å². The Morgan fingerprint density at radius 2 is 2.00 bits per heavy atom. The van der Waals surface area contributed by atoms with Gasteiger partial charge in [0, 0.05) is 5.69 Å². The molecule has 5 nitrogen and oxygen atoms in total. The normalized spacial score (nSPS) is 15.7. The van der Waals surface area contributed by atoms with Crippen molar-refractivity contribution in [3.63, 3.8) is 0 Å². The molecule has 0 atom stereocenters. The predicted octanol–water partition coefficient (Wildman–Crippen LogP) is 0.742. The maximum absolute atomic E-state index is 5.61. The van der Waals surface area contributed by atoms with Crippen molar-refractivity contribution in [2.45, 2.75) is 6.17 Å². The van der Waals surface area contributed by atoms with E-state index in [1.807, 2.05) is 24.3 Å². The maximum atomic E-state index is 5.61. The van der Waals surface area contributed by atoms with Crippen LogP contribution >= 0.6 is 0 Å². The van der Waals surface area contributed by atoms with Gasteiger partial charge in [-0.05, 0) is 17.7 Å². The lowest BCUT2D eigenvalue weighted by Crippen LogP contribution is -2.20. The molecule has 4 N–H and O–H groups in total. The highest BCUT2D eigenvalue weighted by molar-refractivity contribution is 5.41. The van der Waals surface area contributed by atoms with Gasteiger partial charge in [0.2, 0.25) is 0 Å². The van der Waals surface area contributed by atoms with Gasteiger partial charge in [-0.15, -0.1) is 0 Å². The Labute approximate surface area is 69.6 Å². The van der Waals surface area contributed by atoms with Crippen molar-refractivity contribution in [2.75, 3.05) is 5.73 Å². The number of nitrogens with zero attached hydrogens (tertiary/aromatic N) is 2. The Kier molecular flexibility index (Phi) is 1.55. The Bertz CT molecular complexity index is 300. The number of hydrogen-bond donors (Lipinski definition) is 3. The first-order valence-electron chi connectivity index (χ1n) is 3.62. The van der Waals surface area contributed by atoms with Gasteiger partial charge >= 0.3 is 0 Å². The first-order chi connectivity index (χ1) is 5.86. The van der Waals surface area contributed by atoms with Crippen LogP contribution in [0.5, 0.6) is 0 Å². The SMILES string of the molecule is Nc1cccc(C2NN=NN2)c1. The number of nitrogen functional groups attached to an aromatic ring is 1. The van der Waals surface area contributed by atoms with Crippen LogP contribution in [0.2, 0.25) is 0 Å².